The van der Waals surface area contributed by atoms with E-state index in [9.17, 15) is 8.42 Å². The van der Waals surface area contributed by atoms with Gasteiger partial charge in [0.05, 0.1) is 10.5 Å². The second-order valence-corrected chi connectivity index (χ2v) is 9.11. The molecule has 1 rings (SSSR count). The first kappa shape index (κ1) is 16.5. The van der Waals surface area contributed by atoms with Gasteiger partial charge in [-0.15, -0.1) is 0 Å². The lowest BCUT2D eigenvalue weighted by Gasteiger charge is -2.20. The van der Waals surface area contributed by atoms with E-state index in [1.54, 1.807) is 26.8 Å². The Kier molecular flexibility index (Phi) is 5.42. The van der Waals surface area contributed by atoms with Crippen molar-refractivity contribution in [2.24, 2.45) is 5.73 Å². The second-order valence-electron chi connectivity index (χ2n) is 5.81. The third-order valence-electron chi connectivity index (χ3n) is 3.08. The van der Waals surface area contributed by atoms with Crippen LogP contribution in [0.25, 0.3) is 0 Å². The number of halogens is 1. The molecule has 0 amide bonds. The van der Waals surface area contributed by atoms with E-state index in [1.807, 2.05) is 18.2 Å². The second kappa shape index (κ2) is 6.25. The van der Waals surface area contributed by atoms with Gasteiger partial charge in [0, 0.05) is 11.1 Å². The average molecular weight is 304 g/mol. The normalized spacial score (nSPS) is 14.4. The molecule has 108 valence electrons. The van der Waals surface area contributed by atoms with Crippen molar-refractivity contribution in [2.75, 3.05) is 5.75 Å². The monoisotopic (exact) mass is 303 g/mol. The van der Waals surface area contributed by atoms with E-state index < -0.39 is 14.6 Å². The predicted octanol–water partition coefficient (Wildman–Crippen LogP) is 2.81. The lowest BCUT2D eigenvalue weighted by Crippen LogP contribution is -2.34. The highest BCUT2D eigenvalue weighted by molar-refractivity contribution is 7.92. The lowest BCUT2D eigenvalue weighted by atomic mass is 10.1. The molecule has 0 saturated carbocycles. The third-order valence-corrected chi connectivity index (χ3v) is 5.95. The Hall–Kier alpha value is -0.580. The summed E-state index contributed by atoms with van der Waals surface area (Å²) in [7, 11) is -3.10. The first-order valence-corrected chi connectivity index (χ1v) is 8.37. The maximum atomic E-state index is 12.0. The van der Waals surface area contributed by atoms with Crippen molar-refractivity contribution >= 4 is 21.4 Å². The van der Waals surface area contributed by atoms with Crippen LogP contribution in [0.4, 0.5) is 0 Å². The van der Waals surface area contributed by atoms with Crippen molar-refractivity contribution < 1.29 is 8.42 Å². The molecule has 5 heteroatoms. The number of nitrogens with two attached hydrogens (primary N) is 1. The summed E-state index contributed by atoms with van der Waals surface area (Å²) in [5, 5.41) is 0.673. The van der Waals surface area contributed by atoms with Crippen LogP contribution in [0.2, 0.25) is 5.02 Å². The molecule has 0 radical (unpaired) electrons. The Labute approximate surface area is 121 Å². The highest BCUT2D eigenvalue weighted by Gasteiger charge is 2.28. The topological polar surface area (TPSA) is 60.2 Å². The van der Waals surface area contributed by atoms with Crippen LogP contribution < -0.4 is 5.73 Å². The molecule has 0 aliphatic rings. The van der Waals surface area contributed by atoms with Crippen LogP contribution in [-0.2, 0) is 16.3 Å². The zero-order valence-corrected chi connectivity index (χ0v) is 13.3. The molecule has 1 aromatic carbocycles. The van der Waals surface area contributed by atoms with Crippen molar-refractivity contribution in [3.8, 4) is 0 Å². The van der Waals surface area contributed by atoms with Crippen LogP contribution in [0.15, 0.2) is 24.3 Å². The molecule has 0 aromatic heterocycles. The molecule has 1 atom stereocenters. The van der Waals surface area contributed by atoms with Crippen LogP contribution in [0.1, 0.15) is 32.8 Å². The van der Waals surface area contributed by atoms with Crippen molar-refractivity contribution in [1.29, 1.82) is 0 Å². The Bertz CT molecular complexity index is 520. The van der Waals surface area contributed by atoms with E-state index in [4.69, 9.17) is 17.3 Å². The Balaban J connectivity index is 2.56. The van der Waals surface area contributed by atoms with E-state index in [0.717, 1.165) is 5.56 Å². The van der Waals surface area contributed by atoms with E-state index in [-0.39, 0.29) is 11.8 Å². The van der Waals surface area contributed by atoms with Crippen LogP contribution in [0.5, 0.6) is 0 Å². The first-order valence-electron chi connectivity index (χ1n) is 6.34. The molecular formula is C14H22ClNO2S. The van der Waals surface area contributed by atoms with Gasteiger partial charge in [0.2, 0.25) is 0 Å². The largest absolute Gasteiger partial charge is 0.327 e. The summed E-state index contributed by atoms with van der Waals surface area (Å²) in [6, 6.07) is 7.32. The van der Waals surface area contributed by atoms with Gasteiger partial charge in [0.25, 0.3) is 0 Å². The molecule has 19 heavy (non-hydrogen) atoms. The number of sulfone groups is 1. The van der Waals surface area contributed by atoms with Crippen LogP contribution in [0, 0.1) is 0 Å². The maximum absolute atomic E-state index is 12.0. The first-order chi connectivity index (χ1) is 8.62. The van der Waals surface area contributed by atoms with E-state index >= 15 is 0 Å². The zero-order valence-electron chi connectivity index (χ0n) is 11.7. The molecule has 0 heterocycles. The molecule has 0 fully saturated rings. The quantitative estimate of drug-likeness (QED) is 0.910. The third kappa shape index (κ3) is 5.13. The minimum absolute atomic E-state index is 0.123. The van der Waals surface area contributed by atoms with Crippen LogP contribution in [-0.4, -0.2) is 25.0 Å². The van der Waals surface area contributed by atoms with Gasteiger partial charge in [-0.1, -0.05) is 23.7 Å². The van der Waals surface area contributed by atoms with Gasteiger partial charge in [0.1, 0.15) is 0 Å². The Morgan fingerprint density at radius 1 is 1.32 bits per heavy atom. The van der Waals surface area contributed by atoms with E-state index in [2.05, 4.69) is 0 Å². The molecule has 2 N–H and O–H groups in total. The fourth-order valence-corrected chi connectivity index (χ4v) is 3.12. The fraction of sp³-hybridized carbons (Fsp3) is 0.571. The number of rotatable bonds is 5. The molecule has 1 aromatic rings. The highest BCUT2D eigenvalue weighted by Crippen LogP contribution is 2.18. The molecule has 0 aliphatic heterocycles. The summed E-state index contributed by atoms with van der Waals surface area (Å²) in [5.41, 5.74) is 7.03. The number of hydrogen-bond donors (Lipinski definition) is 1. The number of hydrogen-bond acceptors (Lipinski definition) is 3. The molecule has 0 aliphatic carbocycles. The molecule has 0 saturated heterocycles. The standard InChI is InChI=1S/C14H22ClNO2S/c1-14(2,3)19(17,18)8-7-13(16)10-11-5-4-6-12(15)9-11/h4-6,9,13H,7-8,10,16H2,1-3H3. The molecule has 1 unspecified atom stereocenters. The molecule has 0 spiro atoms. The summed E-state index contributed by atoms with van der Waals surface area (Å²) in [6.07, 6.45) is 1.10. The summed E-state index contributed by atoms with van der Waals surface area (Å²) in [4.78, 5) is 0. The predicted molar refractivity (Wildman–Crippen MR) is 81.3 cm³/mol. The van der Waals surface area contributed by atoms with Gasteiger partial charge in [0.15, 0.2) is 9.84 Å². The summed E-state index contributed by atoms with van der Waals surface area (Å²) >= 11 is 5.90. The van der Waals surface area contributed by atoms with Crippen molar-refractivity contribution in [3.05, 3.63) is 34.9 Å². The highest BCUT2D eigenvalue weighted by atomic mass is 35.5. The summed E-state index contributed by atoms with van der Waals surface area (Å²) in [6.45, 7) is 5.14. The van der Waals surface area contributed by atoms with Gasteiger partial charge >= 0.3 is 0 Å². The molecule has 3 nitrogen and oxygen atoms in total. The zero-order chi connectivity index (χ0) is 14.7. The minimum atomic E-state index is -3.10. The Morgan fingerprint density at radius 3 is 2.47 bits per heavy atom. The van der Waals surface area contributed by atoms with Crippen molar-refractivity contribution in [3.63, 3.8) is 0 Å². The van der Waals surface area contributed by atoms with Gasteiger partial charge in [-0.25, -0.2) is 8.42 Å². The fourth-order valence-electron chi connectivity index (χ4n) is 1.68. The van der Waals surface area contributed by atoms with E-state index in [0.29, 0.717) is 17.9 Å². The smallest absolute Gasteiger partial charge is 0.155 e. The minimum Gasteiger partial charge on any atom is -0.327 e. The van der Waals surface area contributed by atoms with Crippen LogP contribution in [0.3, 0.4) is 0 Å². The van der Waals surface area contributed by atoms with Gasteiger partial charge in [-0.2, -0.15) is 0 Å². The van der Waals surface area contributed by atoms with Crippen molar-refractivity contribution in [1.82, 2.24) is 0 Å². The maximum Gasteiger partial charge on any atom is 0.155 e. The molecular weight excluding hydrogens is 282 g/mol. The summed E-state index contributed by atoms with van der Waals surface area (Å²) in [5.74, 6) is 0.123. The average Bonchev–Trinajstić information content (AvgIpc) is 2.25. The van der Waals surface area contributed by atoms with Gasteiger partial charge in [-0.3, -0.25) is 0 Å². The SMILES string of the molecule is CC(C)(C)S(=O)(=O)CCC(N)Cc1cccc(Cl)c1. The Morgan fingerprint density at radius 2 is 1.95 bits per heavy atom. The van der Waals surface area contributed by atoms with E-state index in [1.165, 1.54) is 0 Å². The number of benzene rings is 1. The summed E-state index contributed by atoms with van der Waals surface area (Å²) < 4.78 is 23.3. The lowest BCUT2D eigenvalue weighted by molar-refractivity contribution is 0.549. The van der Waals surface area contributed by atoms with Crippen molar-refractivity contribution in [2.45, 2.75) is 44.4 Å². The van der Waals surface area contributed by atoms with Crippen LogP contribution >= 0.6 is 11.6 Å². The molecule has 0 bridgehead atoms. The van der Waals surface area contributed by atoms with Gasteiger partial charge < -0.3 is 5.73 Å². The van der Waals surface area contributed by atoms with Gasteiger partial charge in [-0.05, 0) is 51.3 Å².